The Morgan fingerprint density at radius 2 is 1.72 bits per heavy atom. The van der Waals surface area contributed by atoms with Crippen LogP contribution in [0.15, 0.2) is 84.4 Å². The first kappa shape index (κ1) is 26.3. The molecule has 2 aromatic carbocycles. The number of nitrogens with one attached hydrogen (secondary N) is 1. The molecule has 0 fully saturated rings. The molecular formula is C28H27F2N3O3. The summed E-state index contributed by atoms with van der Waals surface area (Å²) in [4.78, 5) is 28.4. The first-order valence-corrected chi connectivity index (χ1v) is 11.5. The summed E-state index contributed by atoms with van der Waals surface area (Å²) in [5.74, 6) is -2.86. The molecule has 4 rings (SSSR count). The number of fused-ring (bicyclic) bond motifs is 1. The summed E-state index contributed by atoms with van der Waals surface area (Å²) in [5.41, 5.74) is 1.49. The van der Waals surface area contributed by atoms with Crippen molar-refractivity contribution in [2.45, 2.75) is 32.9 Å². The van der Waals surface area contributed by atoms with Crippen LogP contribution in [0.3, 0.4) is 0 Å². The second-order valence-corrected chi connectivity index (χ2v) is 7.83. The van der Waals surface area contributed by atoms with Gasteiger partial charge in [-0.3, -0.25) is 9.78 Å². The Hall–Kier alpha value is -4.33. The summed E-state index contributed by atoms with van der Waals surface area (Å²) in [6.45, 7) is 7.91. The van der Waals surface area contributed by atoms with Gasteiger partial charge in [0.15, 0.2) is 0 Å². The first-order valence-electron chi connectivity index (χ1n) is 11.5. The average molecular weight is 492 g/mol. The molecule has 2 N–H and O–H groups in total. The maximum atomic E-state index is 14.1. The Balaban J connectivity index is 0.00000176. The fraction of sp³-hybridized carbons (Fsp3) is 0.179. The lowest BCUT2D eigenvalue weighted by atomic mass is 10.0. The van der Waals surface area contributed by atoms with Crippen molar-refractivity contribution in [2.75, 3.05) is 0 Å². The molecule has 1 atom stereocenters. The van der Waals surface area contributed by atoms with Gasteiger partial charge in [-0.05, 0) is 35.4 Å². The minimum absolute atomic E-state index is 0.0343. The number of carboxylic acid groups (broad SMARTS) is 1. The van der Waals surface area contributed by atoms with Crippen molar-refractivity contribution >= 4 is 22.6 Å². The predicted octanol–water partition coefficient (Wildman–Crippen LogP) is 5.01. The van der Waals surface area contributed by atoms with Crippen LogP contribution in [-0.4, -0.2) is 26.7 Å². The highest BCUT2D eigenvalue weighted by atomic mass is 19.1. The highest BCUT2D eigenvalue weighted by Crippen LogP contribution is 2.20. The van der Waals surface area contributed by atoms with Gasteiger partial charge in [0, 0.05) is 36.0 Å². The number of carbonyl (C=O) groups is 1. The number of aliphatic carboxylic acids is 1. The molecule has 0 aliphatic carbocycles. The van der Waals surface area contributed by atoms with Crippen molar-refractivity contribution in [2.24, 2.45) is 0 Å². The lowest BCUT2D eigenvalue weighted by Crippen LogP contribution is -2.37. The Kier molecular flexibility index (Phi) is 8.67. The van der Waals surface area contributed by atoms with Gasteiger partial charge >= 0.3 is 5.97 Å². The van der Waals surface area contributed by atoms with Crippen molar-refractivity contribution in [3.8, 4) is 0 Å². The monoisotopic (exact) mass is 491 g/mol. The Bertz CT molecular complexity index is 1430. The molecule has 0 bridgehead atoms. The molecule has 0 saturated heterocycles. The number of carboxylic acids is 1. The quantitative estimate of drug-likeness (QED) is 0.362. The molecule has 0 amide bonds. The second kappa shape index (κ2) is 11.9. The summed E-state index contributed by atoms with van der Waals surface area (Å²) in [5, 5.41) is 13.1. The number of rotatable bonds is 8. The minimum Gasteiger partial charge on any atom is -0.480 e. The number of hydrogen-bond donors (Lipinski definition) is 2. The fourth-order valence-corrected chi connectivity index (χ4v) is 3.85. The molecule has 6 nitrogen and oxygen atoms in total. The molecule has 36 heavy (non-hydrogen) atoms. The van der Waals surface area contributed by atoms with E-state index in [1.165, 1.54) is 12.1 Å². The second-order valence-electron chi connectivity index (χ2n) is 7.83. The number of nitrogens with zero attached hydrogens (tertiary/aromatic N) is 2. The standard InChI is InChI=1S/C26H21F2N3O3.C2H6/c1-16(25-20(27)6-3-7-21(25)28)30-22(26(33)34)13-17-4-2-5-18(12-17)15-31-23-10-11-29-14-19(23)8-9-24(31)32;1-2/h2-12,14,22,30H,1,13,15H2,(H,33,34);1-2H3. The third-order valence-electron chi connectivity index (χ3n) is 5.47. The maximum Gasteiger partial charge on any atom is 0.326 e. The van der Waals surface area contributed by atoms with Crippen LogP contribution >= 0.6 is 0 Å². The van der Waals surface area contributed by atoms with Crippen LogP contribution in [0.1, 0.15) is 30.5 Å². The largest absolute Gasteiger partial charge is 0.480 e. The van der Waals surface area contributed by atoms with Gasteiger partial charge < -0.3 is 15.0 Å². The van der Waals surface area contributed by atoms with Crippen molar-refractivity contribution in [1.29, 1.82) is 0 Å². The van der Waals surface area contributed by atoms with Gasteiger partial charge in [-0.2, -0.15) is 0 Å². The topological polar surface area (TPSA) is 84.2 Å². The Morgan fingerprint density at radius 1 is 1.06 bits per heavy atom. The van der Waals surface area contributed by atoms with Gasteiger partial charge in [-0.25, -0.2) is 13.6 Å². The van der Waals surface area contributed by atoms with E-state index in [9.17, 15) is 23.5 Å². The van der Waals surface area contributed by atoms with Gasteiger partial charge in [0.1, 0.15) is 17.7 Å². The van der Waals surface area contributed by atoms with Gasteiger partial charge in [-0.1, -0.05) is 50.8 Å². The van der Waals surface area contributed by atoms with E-state index in [2.05, 4.69) is 16.9 Å². The lowest BCUT2D eigenvalue weighted by molar-refractivity contribution is -0.139. The molecule has 4 aromatic rings. The first-order chi connectivity index (χ1) is 17.3. The third-order valence-corrected chi connectivity index (χ3v) is 5.47. The van der Waals surface area contributed by atoms with Crippen molar-refractivity contribution in [3.63, 3.8) is 0 Å². The molecule has 1 unspecified atom stereocenters. The van der Waals surface area contributed by atoms with Gasteiger partial charge in [0.2, 0.25) is 0 Å². The molecule has 0 aliphatic heterocycles. The van der Waals surface area contributed by atoms with Gasteiger partial charge in [0.05, 0.1) is 17.6 Å². The zero-order chi connectivity index (χ0) is 26.2. The highest BCUT2D eigenvalue weighted by Gasteiger charge is 2.21. The number of aromatic nitrogens is 2. The normalized spacial score (nSPS) is 11.3. The molecule has 2 heterocycles. The van der Waals surface area contributed by atoms with E-state index < -0.39 is 29.2 Å². The van der Waals surface area contributed by atoms with E-state index in [1.807, 2.05) is 19.9 Å². The number of pyridine rings is 2. The van der Waals surface area contributed by atoms with Gasteiger partial charge in [-0.15, -0.1) is 0 Å². The van der Waals surface area contributed by atoms with E-state index in [0.29, 0.717) is 5.56 Å². The maximum absolute atomic E-state index is 14.1. The summed E-state index contributed by atoms with van der Waals surface area (Å²) < 4.78 is 29.7. The zero-order valence-corrected chi connectivity index (χ0v) is 20.0. The van der Waals surface area contributed by atoms with E-state index in [0.717, 1.165) is 28.6 Å². The highest BCUT2D eigenvalue weighted by molar-refractivity contribution is 5.78. The molecule has 0 aliphatic rings. The summed E-state index contributed by atoms with van der Waals surface area (Å²) in [6.07, 6.45) is 3.33. The average Bonchev–Trinajstić information content (AvgIpc) is 2.87. The molecule has 186 valence electrons. The molecule has 8 heteroatoms. The number of halogens is 2. The van der Waals surface area contributed by atoms with Crippen LogP contribution < -0.4 is 10.9 Å². The van der Waals surface area contributed by atoms with Crippen molar-refractivity contribution < 1.29 is 18.7 Å². The zero-order valence-electron chi connectivity index (χ0n) is 20.0. The van der Waals surface area contributed by atoms with Crippen LogP contribution in [0.4, 0.5) is 8.78 Å². The van der Waals surface area contributed by atoms with Crippen molar-refractivity contribution in [1.82, 2.24) is 14.9 Å². The van der Waals surface area contributed by atoms with Crippen LogP contribution in [0.25, 0.3) is 16.6 Å². The van der Waals surface area contributed by atoms with Crippen LogP contribution in [0.2, 0.25) is 0 Å². The minimum atomic E-state index is -1.19. The Labute approximate surface area is 207 Å². The van der Waals surface area contributed by atoms with E-state index in [1.54, 1.807) is 47.3 Å². The molecular weight excluding hydrogens is 464 g/mol. The van der Waals surface area contributed by atoms with Crippen LogP contribution in [0.5, 0.6) is 0 Å². The smallest absolute Gasteiger partial charge is 0.326 e. The van der Waals surface area contributed by atoms with Crippen LogP contribution in [0, 0.1) is 11.6 Å². The molecule has 0 radical (unpaired) electrons. The number of benzene rings is 2. The van der Waals surface area contributed by atoms with E-state index in [-0.39, 0.29) is 24.2 Å². The molecule has 2 aromatic heterocycles. The summed E-state index contributed by atoms with van der Waals surface area (Å²) in [7, 11) is 0. The van der Waals surface area contributed by atoms with E-state index >= 15 is 0 Å². The lowest BCUT2D eigenvalue weighted by Gasteiger charge is -2.19. The summed E-state index contributed by atoms with van der Waals surface area (Å²) >= 11 is 0. The van der Waals surface area contributed by atoms with Crippen LogP contribution in [-0.2, 0) is 17.8 Å². The third kappa shape index (κ3) is 6.02. The van der Waals surface area contributed by atoms with Gasteiger partial charge in [0.25, 0.3) is 5.56 Å². The Morgan fingerprint density at radius 3 is 2.42 bits per heavy atom. The molecule has 0 saturated carbocycles. The summed E-state index contributed by atoms with van der Waals surface area (Å²) in [6, 6.07) is 14.3. The predicted molar refractivity (Wildman–Crippen MR) is 137 cm³/mol. The molecule has 0 spiro atoms. The number of hydrogen-bond acceptors (Lipinski definition) is 4. The SMILES string of the molecule is C=C(NC(Cc1cccc(Cn2c(=O)ccc3cnccc32)c1)C(=O)O)c1c(F)cccc1F.CC. The fourth-order valence-electron chi connectivity index (χ4n) is 3.85. The van der Waals surface area contributed by atoms with Crippen molar-refractivity contribution in [3.05, 3.63) is 118 Å². The van der Waals surface area contributed by atoms with E-state index in [4.69, 9.17) is 0 Å².